The predicted molar refractivity (Wildman–Crippen MR) is 32.3 cm³/mol. The van der Waals surface area contributed by atoms with Gasteiger partial charge < -0.3 is 0 Å². The van der Waals surface area contributed by atoms with Gasteiger partial charge in [0.25, 0.3) is 0 Å². The van der Waals surface area contributed by atoms with E-state index in [1.807, 2.05) is 0 Å². The molecule has 0 N–H and O–H groups in total. The Kier molecular flexibility index (Phi) is 3.94. The Hall–Kier alpha value is -0.340. The molecule has 0 radical (unpaired) electrons. The Balaban J connectivity index is 4.06. The van der Waals surface area contributed by atoms with Crippen LogP contribution in [0.4, 0.5) is 13.2 Å². The minimum absolute atomic E-state index is 0.278. The lowest BCUT2D eigenvalue weighted by atomic mass is 10.5. The number of alkyl halides is 3. The highest BCUT2D eigenvalue weighted by molar-refractivity contribution is 7.81. The normalized spacial score (nSPS) is 13.3. The maximum atomic E-state index is 11.3. The molecule has 0 aromatic rings. The SMILES string of the molecule is CCCOS(=O)(=O)OC(F)(F)F. The Morgan fingerprint density at radius 3 is 2.17 bits per heavy atom. The van der Waals surface area contributed by atoms with Crippen molar-refractivity contribution in [2.24, 2.45) is 0 Å². The van der Waals surface area contributed by atoms with Crippen LogP contribution in [0, 0.1) is 0 Å². The first kappa shape index (κ1) is 11.7. The molecule has 0 atom stereocenters. The summed E-state index contributed by atoms with van der Waals surface area (Å²) in [5.74, 6) is 0. The molecule has 0 spiro atoms. The molecule has 0 saturated carbocycles. The number of hydrogen-bond donors (Lipinski definition) is 0. The van der Waals surface area contributed by atoms with Crippen LogP contribution in [0.5, 0.6) is 0 Å². The average Bonchev–Trinajstić information content (AvgIpc) is 1.78. The van der Waals surface area contributed by atoms with Gasteiger partial charge in [-0.3, -0.25) is 0 Å². The average molecular weight is 208 g/mol. The lowest BCUT2D eigenvalue weighted by molar-refractivity contribution is -0.275. The molecule has 0 saturated heterocycles. The molecule has 0 unspecified atom stereocenters. The van der Waals surface area contributed by atoms with Gasteiger partial charge in [0.1, 0.15) is 0 Å². The fraction of sp³-hybridized carbons (Fsp3) is 1.00. The molecule has 0 amide bonds. The van der Waals surface area contributed by atoms with Crippen molar-refractivity contribution in [3.63, 3.8) is 0 Å². The topological polar surface area (TPSA) is 52.6 Å². The second kappa shape index (κ2) is 4.06. The first-order valence-electron chi connectivity index (χ1n) is 2.93. The van der Waals surface area contributed by atoms with E-state index < -0.39 is 16.8 Å². The molecular formula is C4H7F3O4S. The van der Waals surface area contributed by atoms with Gasteiger partial charge in [0.15, 0.2) is 0 Å². The van der Waals surface area contributed by atoms with Crippen molar-refractivity contribution in [2.45, 2.75) is 19.7 Å². The van der Waals surface area contributed by atoms with Gasteiger partial charge >= 0.3 is 16.8 Å². The first-order valence-corrected chi connectivity index (χ1v) is 4.27. The molecule has 0 rings (SSSR count). The Morgan fingerprint density at radius 1 is 1.33 bits per heavy atom. The molecule has 74 valence electrons. The summed E-state index contributed by atoms with van der Waals surface area (Å²) in [6.07, 6.45) is -4.95. The van der Waals surface area contributed by atoms with E-state index in [0.29, 0.717) is 0 Å². The smallest absolute Gasteiger partial charge is 0.248 e. The second-order valence-corrected chi connectivity index (χ2v) is 2.98. The second-order valence-electron chi connectivity index (χ2n) is 1.76. The number of hydrogen-bond acceptors (Lipinski definition) is 4. The molecule has 0 heterocycles. The van der Waals surface area contributed by atoms with E-state index in [4.69, 9.17) is 0 Å². The Morgan fingerprint density at radius 2 is 1.83 bits per heavy atom. The molecule has 0 aliphatic carbocycles. The molecule has 0 bridgehead atoms. The third-order valence-electron chi connectivity index (χ3n) is 0.628. The van der Waals surface area contributed by atoms with Crippen LogP contribution in [0.2, 0.25) is 0 Å². The van der Waals surface area contributed by atoms with Gasteiger partial charge in [-0.25, -0.2) is 4.18 Å². The third kappa shape index (κ3) is 6.38. The summed E-state index contributed by atoms with van der Waals surface area (Å²) >= 11 is 0. The molecular weight excluding hydrogens is 201 g/mol. The molecule has 12 heavy (non-hydrogen) atoms. The number of halogens is 3. The van der Waals surface area contributed by atoms with Gasteiger partial charge in [0, 0.05) is 0 Å². The summed E-state index contributed by atoms with van der Waals surface area (Å²) in [6.45, 7) is 1.21. The van der Waals surface area contributed by atoms with E-state index in [2.05, 4.69) is 8.37 Å². The van der Waals surface area contributed by atoms with Crippen molar-refractivity contribution in [1.82, 2.24) is 0 Å². The van der Waals surface area contributed by atoms with E-state index in [1.54, 1.807) is 6.92 Å². The highest BCUT2D eigenvalue weighted by Crippen LogP contribution is 2.20. The van der Waals surface area contributed by atoms with Crippen LogP contribution < -0.4 is 0 Å². The van der Waals surface area contributed by atoms with Crippen LogP contribution in [-0.2, 0) is 18.8 Å². The fourth-order valence-corrected chi connectivity index (χ4v) is 0.976. The molecule has 0 aliphatic rings. The predicted octanol–water partition coefficient (Wildman–Crippen LogP) is 1.19. The van der Waals surface area contributed by atoms with Gasteiger partial charge in [0.2, 0.25) is 0 Å². The van der Waals surface area contributed by atoms with Gasteiger partial charge in [-0.1, -0.05) is 6.92 Å². The molecule has 0 fully saturated rings. The fourth-order valence-electron chi connectivity index (χ4n) is 0.325. The minimum atomic E-state index is -5.23. The molecule has 0 aliphatic heterocycles. The van der Waals surface area contributed by atoms with Crippen LogP contribution in [0.1, 0.15) is 13.3 Å². The lowest BCUT2D eigenvalue weighted by Gasteiger charge is -2.06. The van der Waals surface area contributed by atoms with E-state index >= 15 is 0 Å². The van der Waals surface area contributed by atoms with Crippen LogP contribution in [0.3, 0.4) is 0 Å². The maximum absolute atomic E-state index is 11.3. The van der Waals surface area contributed by atoms with E-state index in [9.17, 15) is 21.6 Å². The summed E-state index contributed by atoms with van der Waals surface area (Å²) in [5, 5.41) is 0. The van der Waals surface area contributed by atoms with Crippen LogP contribution in [-0.4, -0.2) is 21.4 Å². The largest absolute Gasteiger partial charge is 0.538 e. The number of rotatable bonds is 4. The van der Waals surface area contributed by atoms with Gasteiger partial charge in [-0.2, -0.15) is 8.42 Å². The van der Waals surface area contributed by atoms with Crippen molar-refractivity contribution in [1.29, 1.82) is 0 Å². The summed E-state index contributed by atoms with van der Waals surface area (Å²) in [7, 11) is -4.93. The highest BCUT2D eigenvalue weighted by atomic mass is 32.3. The van der Waals surface area contributed by atoms with Crippen LogP contribution in [0.15, 0.2) is 0 Å². The van der Waals surface area contributed by atoms with E-state index in [-0.39, 0.29) is 13.0 Å². The lowest BCUT2D eigenvalue weighted by Crippen LogP contribution is -2.21. The standard InChI is InChI=1S/C4H7F3O4S/c1-2-3-10-12(8,9)11-4(5,6)7/h2-3H2,1H3. The Labute approximate surface area is 67.6 Å². The summed E-state index contributed by atoms with van der Waals surface area (Å²) in [5.41, 5.74) is 0. The van der Waals surface area contributed by atoms with Gasteiger partial charge in [0.05, 0.1) is 6.61 Å². The Bertz CT molecular complexity index is 219. The summed E-state index contributed by atoms with van der Waals surface area (Å²) in [4.78, 5) is 0. The minimum Gasteiger partial charge on any atom is -0.248 e. The van der Waals surface area contributed by atoms with Crippen molar-refractivity contribution in [3.8, 4) is 0 Å². The molecule has 0 aromatic heterocycles. The van der Waals surface area contributed by atoms with Crippen molar-refractivity contribution in [2.75, 3.05) is 6.61 Å². The zero-order valence-corrected chi connectivity index (χ0v) is 6.91. The summed E-state index contributed by atoms with van der Waals surface area (Å²) < 4.78 is 60.8. The monoisotopic (exact) mass is 208 g/mol. The highest BCUT2D eigenvalue weighted by Gasteiger charge is 2.37. The van der Waals surface area contributed by atoms with Crippen molar-refractivity contribution in [3.05, 3.63) is 0 Å². The van der Waals surface area contributed by atoms with Crippen LogP contribution >= 0.6 is 0 Å². The third-order valence-corrected chi connectivity index (χ3v) is 1.48. The van der Waals surface area contributed by atoms with Crippen molar-refractivity contribution >= 4 is 10.4 Å². The quantitative estimate of drug-likeness (QED) is 0.696. The molecule has 0 aromatic carbocycles. The zero-order valence-electron chi connectivity index (χ0n) is 6.09. The first-order chi connectivity index (χ1) is 5.27. The molecule has 8 heteroatoms. The van der Waals surface area contributed by atoms with Gasteiger partial charge in [-0.05, 0) is 6.42 Å². The maximum Gasteiger partial charge on any atom is 0.538 e. The van der Waals surface area contributed by atoms with Crippen molar-refractivity contribution < 1.29 is 30.0 Å². The summed E-state index contributed by atoms with van der Waals surface area (Å²) in [6, 6.07) is 0. The zero-order chi connectivity index (χ0) is 9.83. The van der Waals surface area contributed by atoms with Crippen LogP contribution in [0.25, 0.3) is 0 Å². The molecule has 4 nitrogen and oxygen atoms in total. The van der Waals surface area contributed by atoms with E-state index in [1.165, 1.54) is 0 Å². The van der Waals surface area contributed by atoms with Gasteiger partial charge in [-0.15, -0.1) is 17.4 Å². The van der Waals surface area contributed by atoms with E-state index in [0.717, 1.165) is 0 Å².